The minimum atomic E-state index is -4.62. The van der Waals surface area contributed by atoms with Crippen molar-refractivity contribution in [1.82, 2.24) is 0 Å². The summed E-state index contributed by atoms with van der Waals surface area (Å²) in [6.45, 7) is 0. The quantitative estimate of drug-likeness (QED) is 0.635. The lowest BCUT2D eigenvalue weighted by Crippen LogP contribution is -2.42. The fourth-order valence-corrected chi connectivity index (χ4v) is 2.52. The Kier molecular flexibility index (Phi) is 2.35. The van der Waals surface area contributed by atoms with Gasteiger partial charge in [0.25, 0.3) is 0 Å². The number of ketones is 1. The predicted molar refractivity (Wildman–Crippen MR) is 112 cm³/mol. The Morgan fingerprint density at radius 2 is 1.50 bits per heavy atom. The summed E-state index contributed by atoms with van der Waals surface area (Å²) in [6, 6.07) is -1.60. The molecule has 1 atom stereocenters. The molecule has 2 aliphatic rings. The van der Waals surface area contributed by atoms with E-state index < -0.39 is 93.0 Å². The van der Waals surface area contributed by atoms with E-state index in [4.69, 9.17) is 43.0 Å². The van der Waals surface area contributed by atoms with Gasteiger partial charge in [0.2, 0.25) is 5.75 Å². The summed E-state index contributed by atoms with van der Waals surface area (Å²) in [6.07, 6.45) is -43.1. The van der Waals surface area contributed by atoms with E-state index in [9.17, 15) is 6.17 Å². The van der Waals surface area contributed by atoms with E-state index in [1.54, 1.807) is 0 Å². The van der Waals surface area contributed by atoms with Crippen molar-refractivity contribution in [2.75, 3.05) is 26.6 Å². The number of carbonyl (C=O) groups is 1. The maximum atomic E-state index is 14.9. The van der Waals surface area contributed by atoms with Crippen LogP contribution in [0.4, 0.5) is 5.69 Å². The average Bonchev–Trinajstić information content (AvgIpc) is 2.99. The molecule has 0 aliphatic heterocycles. The molecular weight excluding hydrogens is 354 g/mol. The van der Waals surface area contributed by atoms with E-state index in [1.807, 2.05) is 0 Å². The molecule has 0 heterocycles. The largest absolute Gasteiger partial charge is 0.493 e. The number of hydrogen-bond acceptors (Lipinski definition) is 5. The van der Waals surface area contributed by atoms with Crippen LogP contribution in [0.15, 0.2) is 12.1 Å². The van der Waals surface area contributed by atoms with Gasteiger partial charge in [-0.15, -0.1) is 0 Å². The van der Waals surface area contributed by atoms with Crippen LogP contribution in [-0.4, -0.2) is 33.2 Å². The van der Waals surface area contributed by atoms with Gasteiger partial charge < -0.3 is 19.5 Å². The van der Waals surface area contributed by atoms with Crippen LogP contribution in [0.5, 0.6) is 17.2 Å². The zero-order valence-corrected chi connectivity index (χ0v) is 15.4. The first-order valence-corrected chi connectivity index (χ1v) is 8.06. The van der Waals surface area contributed by atoms with Gasteiger partial charge in [-0.3, -0.25) is 4.79 Å². The molecule has 0 radical (unpaired) electrons. The van der Waals surface area contributed by atoms with Crippen LogP contribution < -0.4 is 19.5 Å². The summed E-state index contributed by atoms with van der Waals surface area (Å²) < 4.78 is 202. The minimum Gasteiger partial charge on any atom is -0.493 e. The number of nitrogens with one attached hydrogen (secondary N) is 1. The highest BCUT2D eigenvalue weighted by Gasteiger charge is 2.34. The molecule has 1 aromatic carbocycles. The fraction of sp³-hybridized carbons (Fsp3) is 0.696. The number of rotatable bonds is 8. The van der Waals surface area contributed by atoms with Crippen LogP contribution in [0.25, 0.3) is 0 Å². The van der Waals surface area contributed by atoms with Gasteiger partial charge in [-0.2, -0.15) is 0 Å². The van der Waals surface area contributed by atoms with Crippen LogP contribution >= 0.6 is 0 Å². The lowest BCUT2D eigenvalue weighted by atomic mass is 9.76. The van der Waals surface area contributed by atoms with Crippen LogP contribution in [-0.2, 0) is 4.79 Å². The Hall–Kier alpha value is -1.91. The maximum absolute atomic E-state index is 14.9. The molecule has 1 N–H and O–H groups in total. The molecule has 2 aliphatic carbocycles. The van der Waals surface area contributed by atoms with E-state index in [2.05, 4.69) is 5.32 Å². The molecule has 3 rings (SSSR count). The van der Waals surface area contributed by atoms with Gasteiger partial charge in [0.15, 0.2) is 17.3 Å². The number of ether oxygens (including phenoxy) is 3. The number of anilines is 1. The molecule has 0 unspecified atom stereocenters. The molecule has 5 heteroatoms. The van der Waals surface area contributed by atoms with Crippen molar-refractivity contribution in [3.63, 3.8) is 0 Å². The van der Waals surface area contributed by atoms with Crippen molar-refractivity contribution in [2.45, 2.75) is 69.8 Å². The molecule has 0 aromatic heterocycles. The van der Waals surface area contributed by atoms with Crippen molar-refractivity contribution in [3.8, 4) is 17.2 Å². The highest BCUT2D eigenvalue weighted by atomic mass is 16.5. The van der Waals surface area contributed by atoms with Crippen LogP contribution in [0.3, 0.4) is 0 Å². The molecule has 1 aromatic rings. The van der Waals surface area contributed by atoms with Crippen LogP contribution in [0.1, 0.15) is 93.9 Å². The smallest absolute Gasteiger partial charge is 0.203 e. The van der Waals surface area contributed by atoms with Crippen LogP contribution in [0.2, 0.25) is 0 Å². The van der Waals surface area contributed by atoms with Crippen molar-refractivity contribution >= 4 is 11.5 Å². The lowest BCUT2D eigenvalue weighted by molar-refractivity contribution is -0.125. The van der Waals surface area contributed by atoms with Crippen molar-refractivity contribution < 1.29 is 49.2 Å². The molecule has 0 saturated heterocycles. The molecule has 2 saturated carbocycles. The summed E-state index contributed by atoms with van der Waals surface area (Å²) >= 11 is 0. The second-order valence-electron chi connectivity index (χ2n) is 5.39. The van der Waals surface area contributed by atoms with Crippen molar-refractivity contribution in [1.29, 1.82) is 0 Å². The third-order valence-corrected chi connectivity index (χ3v) is 3.79. The first-order valence-electron chi connectivity index (χ1n) is 19.1. The fourth-order valence-electron chi connectivity index (χ4n) is 2.52. The number of methoxy groups -OCH3 is 3. The van der Waals surface area contributed by atoms with Crippen LogP contribution in [0, 0.1) is 11.8 Å². The first kappa shape index (κ1) is 6.55. The molecular formula is C23H35NO4. The number of Topliss-reactive ketones (excluding diaryl/α,β-unsaturated/α-hetero) is 1. The Bertz CT molecular complexity index is 1460. The molecule has 28 heavy (non-hydrogen) atoms. The van der Waals surface area contributed by atoms with E-state index in [0.717, 1.165) is 26.4 Å². The Labute approximate surface area is 200 Å². The number of hydrogen-bond donors (Lipinski definition) is 1. The van der Waals surface area contributed by atoms with Gasteiger partial charge in [-0.05, 0) is 31.4 Å². The van der Waals surface area contributed by atoms with E-state index in [-0.39, 0.29) is 17.2 Å². The summed E-state index contributed by atoms with van der Waals surface area (Å²) in [5, 5.41) is 2.10. The topological polar surface area (TPSA) is 56.8 Å². The van der Waals surface area contributed by atoms with Gasteiger partial charge in [-0.25, -0.2) is 0 Å². The summed E-state index contributed by atoms with van der Waals surface area (Å²) in [7, 11) is 3.36. The highest BCUT2D eigenvalue weighted by molar-refractivity contribution is 5.89. The Morgan fingerprint density at radius 1 is 0.964 bits per heavy atom. The SMILES string of the molecule is [2H]C1([2H])C([2H])([2H])C([2H])([2H])C([2H])(C(=O)[C@H](Nc2cc(OC)c(OC)c(OC)c2)C2([2H])C([2H])([2H])C([2H])([2H])C([2H])([2H])C([2H])([2H])C2([2H])[2H])C([2H])([2H])C1([2H])[2H]. The molecule has 0 amide bonds. The van der Waals surface area contributed by atoms with Gasteiger partial charge in [-0.1, -0.05) is 38.2 Å². The van der Waals surface area contributed by atoms with Gasteiger partial charge in [0.05, 0.1) is 27.4 Å². The Morgan fingerprint density at radius 3 is 2.00 bits per heavy atom. The third kappa shape index (κ3) is 4.73. The molecule has 156 valence electrons. The summed E-state index contributed by atoms with van der Waals surface area (Å²) in [5.74, 6) is -12.3. The normalized spacial score (nSPS) is 51.5. The minimum absolute atomic E-state index is 0.131. The molecule has 0 bridgehead atoms. The second kappa shape index (κ2) is 10.0. The van der Waals surface area contributed by atoms with Crippen molar-refractivity contribution in [2.24, 2.45) is 11.8 Å². The van der Waals surface area contributed by atoms with Gasteiger partial charge in [0.1, 0.15) is 0 Å². The van der Waals surface area contributed by atoms with E-state index in [1.165, 1.54) is 7.11 Å². The lowest BCUT2D eigenvalue weighted by Gasteiger charge is -2.34. The third-order valence-electron chi connectivity index (χ3n) is 3.79. The van der Waals surface area contributed by atoms with Gasteiger partial charge >= 0.3 is 0 Å². The molecule has 5 nitrogen and oxygen atoms in total. The standard InChI is InChI=1S/C23H35NO4/c1-26-19-14-18(15-20(27-2)23(19)28-3)24-21(16-10-6-4-7-11-16)22(25)17-12-8-5-9-13-17/h14-17,21,24H,4-13H2,1-3H3/t21-/m1/s1/i4D2,5D2,6D2,7D2,8D2,9D2,10D2,11D2,12D2,13D2,16D,17D. The monoisotopic (exact) mass is 411 g/mol. The zero-order valence-electron chi connectivity index (χ0n) is 37.4. The van der Waals surface area contributed by atoms with E-state index >= 15 is 0 Å². The second-order valence-corrected chi connectivity index (χ2v) is 5.39. The number of benzene rings is 1. The Balaban J connectivity index is 2.62. The number of carbonyl (C=O) groups excluding carboxylic acids is 1. The summed E-state index contributed by atoms with van der Waals surface area (Å²) in [4.78, 5) is 14.9. The average molecular weight is 412 g/mol. The predicted octanol–water partition coefficient (Wildman–Crippen LogP) is 5.22. The first-order chi connectivity index (χ1) is 22.0. The van der Waals surface area contributed by atoms with Gasteiger partial charge in [0, 0.05) is 53.9 Å². The maximum Gasteiger partial charge on any atom is 0.203 e. The highest BCUT2D eigenvalue weighted by Crippen LogP contribution is 2.41. The molecule has 0 spiro atoms. The zero-order chi connectivity index (χ0) is 39.7. The molecule has 2 fully saturated rings. The summed E-state index contributed by atoms with van der Waals surface area (Å²) in [5.41, 5.74) is -0.604. The van der Waals surface area contributed by atoms with Crippen molar-refractivity contribution in [3.05, 3.63) is 12.1 Å². The van der Waals surface area contributed by atoms with E-state index in [0.29, 0.717) is 0 Å².